The number of benzene rings is 8. The lowest BCUT2D eigenvalue weighted by molar-refractivity contribution is 0.592. The fraction of sp³-hybridized carbons (Fsp3) is 0. The van der Waals surface area contributed by atoms with Gasteiger partial charge >= 0.3 is 0 Å². The van der Waals surface area contributed by atoms with Crippen LogP contribution < -0.4 is 25.7 Å². The summed E-state index contributed by atoms with van der Waals surface area (Å²) in [6, 6.07) is 65.5. The molecule has 2 heterocycles. The first kappa shape index (κ1) is 28.8. The van der Waals surface area contributed by atoms with Crippen LogP contribution in [0.2, 0.25) is 0 Å². The summed E-state index contributed by atoms with van der Waals surface area (Å²) >= 11 is 0. The number of rotatable bonds is 4. The fourth-order valence-corrected chi connectivity index (χ4v) is 10.6. The van der Waals surface area contributed by atoms with Crippen LogP contribution in [0, 0.1) is 0 Å². The molecule has 8 aromatic carbocycles. The quantitative estimate of drug-likeness (QED) is 0.176. The molecule has 0 spiro atoms. The third kappa shape index (κ3) is 4.14. The molecule has 0 amide bonds. The van der Waals surface area contributed by atoms with Crippen LogP contribution in [0.3, 0.4) is 0 Å². The van der Waals surface area contributed by atoms with E-state index in [1.165, 1.54) is 33.0 Å². The zero-order chi connectivity index (χ0) is 33.2. The molecule has 3 nitrogen and oxygen atoms in total. The van der Waals surface area contributed by atoms with E-state index in [0.717, 1.165) is 50.0 Å². The Kier molecular flexibility index (Phi) is 6.46. The molecule has 0 unspecified atom stereocenters. The summed E-state index contributed by atoms with van der Waals surface area (Å²) in [5.74, 6) is 0. The van der Waals surface area contributed by atoms with Crippen LogP contribution >= 0.6 is 7.14 Å². The molecule has 4 heteroatoms. The van der Waals surface area contributed by atoms with Crippen molar-refractivity contribution in [2.45, 2.75) is 0 Å². The maximum Gasteiger partial charge on any atom is 0.171 e. The molecular weight excluding hydrogens is 627 g/mol. The normalized spacial score (nSPS) is 12.8. The van der Waals surface area contributed by atoms with E-state index in [0.29, 0.717) is 0 Å². The highest BCUT2D eigenvalue weighted by Crippen LogP contribution is 2.62. The monoisotopic (exact) mass is 658 g/mol. The van der Waals surface area contributed by atoms with Gasteiger partial charge < -0.3 is 14.4 Å². The van der Waals surface area contributed by atoms with Gasteiger partial charge in [-0.25, -0.2) is 0 Å². The van der Waals surface area contributed by atoms with Gasteiger partial charge in [0.2, 0.25) is 0 Å². The van der Waals surface area contributed by atoms with Crippen molar-refractivity contribution in [3.8, 4) is 22.3 Å². The molecular formula is C46H31N2OP. The smallest absolute Gasteiger partial charge is 0.171 e. The van der Waals surface area contributed by atoms with E-state index in [2.05, 4.69) is 137 Å². The summed E-state index contributed by atoms with van der Waals surface area (Å²) in [5.41, 5.74) is 11.5. The van der Waals surface area contributed by atoms with E-state index in [1.807, 2.05) is 60.7 Å². The minimum absolute atomic E-state index is 0.810. The summed E-state index contributed by atoms with van der Waals surface area (Å²) in [7, 11) is -3.13. The molecule has 0 atom stereocenters. The Labute approximate surface area is 291 Å². The third-order valence-electron chi connectivity index (χ3n) is 10.2. The second-order valence-electron chi connectivity index (χ2n) is 12.9. The second-order valence-corrected chi connectivity index (χ2v) is 15.6. The summed E-state index contributed by atoms with van der Waals surface area (Å²) in [5, 5.41) is 4.81. The van der Waals surface area contributed by atoms with Crippen molar-refractivity contribution in [2.75, 3.05) is 9.80 Å². The van der Waals surface area contributed by atoms with E-state index < -0.39 is 7.14 Å². The van der Waals surface area contributed by atoms with Crippen LogP contribution in [0.15, 0.2) is 188 Å². The molecule has 0 fully saturated rings. The van der Waals surface area contributed by atoms with Crippen molar-refractivity contribution in [3.63, 3.8) is 0 Å². The van der Waals surface area contributed by atoms with Crippen LogP contribution in [0.25, 0.3) is 33.0 Å². The predicted molar refractivity (Wildman–Crippen MR) is 211 cm³/mol. The van der Waals surface area contributed by atoms with Crippen molar-refractivity contribution in [1.29, 1.82) is 0 Å². The van der Waals surface area contributed by atoms with Gasteiger partial charge in [0, 0.05) is 38.1 Å². The van der Waals surface area contributed by atoms with Crippen LogP contribution in [-0.2, 0) is 4.57 Å². The fourth-order valence-electron chi connectivity index (χ4n) is 7.97. The maximum atomic E-state index is 15.3. The van der Waals surface area contributed by atoms with E-state index >= 15 is 4.57 Å². The minimum atomic E-state index is -3.13. The lowest BCUT2D eigenvalue weighted by Gasteiger charge is -2.42. The maximum absolute atomic E-state index is 15.3. The summed E-state index contributed by atoms with van der Waals surface area (Å²) in [4.78, 5) is 4.87. The van der Waals surface area contributed by atoms with Crippen LogP contribution in [0.5, 0.6) is 0 Å². The molecule has 236 valence electrons. The Morgan fingerprint density at radius 3 is 1.58 bits per heavy atom. The van der Waals surface area contributed by atoms with Gasteiger partial charge in [-0.3, -0.25) is 0 Å². The predicted octanol–water partition coefficient (Wildman–Crippen LogP) is 11.4. The molecule has 0 bridgehead atoms. The number of anilines is 6. The lowest BCUT2D eigenvalue weighted by atomic mass is 9.93. The standard InChI is InChI=1S/C46H31N2OP/c49-50(34-15-3-1-4-16-34,35-17-5-2-6-18-35)36-29-27-33(28-30-36)47-43-25-13-23-41-39-21-10-9-20-38(39)40-22-11-12-24-42(40)48(46(41)43)44-31-26-32-14-7-8-19-37(32)45(44)47/h1-31H. The van der Waals surface area contributed by atoms with Gasteiger partial charge in [0.05, 0.1) is 28.4 Å². The molecule has 10 rings (SSSR count). The zero-order valence-electron chi connectivity index (χ0n) is 27.1. The van der Waals surface area contributed by atoms with Gasteiger partial charge in [-0.05, 0) is 59.0 Å². The third-order valence-corrected chi connectivity index (χ3v) is 13.3. The van der Waals surface area contributed by atoms with Crippen LogP contribution in [0.1, 0.15) is 0 Å². The van der Waals surface area contributed by atoms with Gasteiger partial charge in [-0.2, -0.15) is 0 Å². The largest absolute Gasteiger partial charge is 0.309 e. The molecule has 2 aliphatic heterocycles. The molecule has 0 saturated carbocycles. The average molecular weight is 659 g/mol. The molecule has 0 radical (unpaired) electrons. The molecule has 2 aliphatic rings. The highest BCUT2D eigenvalue weighted by molar-refractivity contribution is 7.85. The van der Waals surface area contributed by atoms with Crippen LogP contribution in [0.4, 0.5) is 34.1 Å². The first-order valence-electron chi connectivity index (χ1n) is 17.0. The number of hydrogen-bond acceptors (Lipinski definition) is 3. The van der Waals surface area contributed by atoms with Crippen LogP contribution in [-0.4, -0.2) is 0 Å². The summed E-state index contributed by atoms with van der Waals surface area (Å²) in [6.07, 6.45) is 0. The average Bonchev–Trinajstić information content (AvgIpc) is 3.32. The molecule has 8 aromatic rings. The first-order valence-corrected chi connectivity index (χ1v) is 18.7. The Hall–Kier alpha value is -6.15. The Morgan fingerprint density at radius 1 is 0.340 bits per heavy atom. The minimum Gasteiger partial charge on any atom is -0.309 e. The SMILES string of the molecule is O=P(c1ccccc1)(c1ccccc1)c1ccc(N2c3cccc4c3N(c3ccccc3-c3ccccc3-4)c3ccc4ccccc4c32)cc1. The lowest BCUT2D eigenvalue weighted by Crippen LogP contribution is -2.26. The van der Waals surface area contributed by atoms with Crippen molar-refractivity contribution in [3.05, 3.63) is 188 Å². The van der Waals surface area contributed by atoms with Crippen molar-refractivity contribution < 1.29 is 4.57 Å². The summed E-state index contributed by atoms with van der Waals surface area (Å²) < 4.78 is 15.3. The molecule has 0 aromatic heterocycles. The van der Waals surface area contributed by atoms with Gasteiger partial charge in [0.1, 0.15) is 0 Å². The zero-order valence-corrected chi connectivity index (χ0v) is 28.0. The highest BCUT2D eigenvalue weighted by Gasteiger charge is 2.37. The van der Waals surface area contributed by atoms with Crippen molar-refractivity contribution >= 4 is 68.0 Å². The van der Waals surface area contributed by atoms with E-state index in [1.54, 1.807) is 0 Å². The number of nitrogens with zero attached hydrogens (tertiary/aromatic N) is 2. The number of para-hydroxylation sites is 2. The Bertz CT molecular complexity index is 2590. The van der Waals surface area contributed by atoms with E-state index in [-0.39, 0.29) is 0 Å². The molecule has 50 heavy (non-hydrogen) atoms. The Balaban J connectivity index is 1.24. The summed E-state index contributed by atoms with van der Waals surface area (Å²) in [6.45, 7) is 0. The molecule has 0 saturated heterocycles. The second kappa shape index (κ2) is 11.2. The highest BCUT2D eigenvalue weighted by atomic mass is 31.2. The Morgan fingerprint density at radius 2 is 0.860 bits per heavy atom. The van der Waals surface area contributed by atoms with Crippen molar-refractivity contribution in [1.82, 2.24) is 0 Å². The first-order chi connectivity index (χ1) is 24.7. The topological polar surface area (TPSA) is 23.6 Å². The number of hydrogen-bond donors (Lipinski definition) is 0. The molecule has 0 aliphatic carbocycles. The van der Waals surface area contributed by atoms with Gasteiger partial charge in [-0.15, -0.1) is 0 Å². The van der Waals surface area contributed by atoms with Gasteiger partial charge in [0.15, 0.2) is 7.14 Å². The van der Waals surface area contributed by atoms with Gasteiger partial charge in [0.25, 0.3) is 0 Å². The number of fused-ring (bicyclic) bond motifs is 9. The van der Waals surface area contributed by atoms with E-state index in [9.17, 15) is 0 Å². The van der Waals surface area contributed by atoms with Gasteiger partial charge in [-0.1, -0.05) is 146 Å². The van der Waals surface area contributed by atoms with E-state index in [4.69, 9.17) is 0 Å². The van der Waals surface area contributed by atoms with Crippen molar-refractivity contribution in [2.24, 2.45) is 0 Å². The molecule has 0 N–H and O–H groups in total.